The number of carbonyl (C=O) groups is 1. The number of hydrogen-bond acceptors (Lipinski definition) is 5. The van der Waals surface area contributed by atoms with Crippen molar-refractivity contribution in [2.45, 2.75) is 31.8 Å². The second-order valence-electron chi connectivity index (χ2n) is 6.48. The summed E-state index contributed by atoms with van der Waals surface area (Å²) >= 11 is 0. The van der Waals surface area contributed by atoms with Crippen LogP contribution in [0.2, 0.25) is 0 Å². The molecule has 1 saturated heterocycles. The molecule has 0 saturated carbocycles. The van der Waals surface area contributed by atoms with E-state index in [0.717, 1.165) is 37.2 Å². The van der Waals surface area contributed by atoms with Gasteiger partial charge in [-0.25, -0.2) is 0 Å². The standard InChI is InChI=1S/C19H26N4O3.ClH/c1-13(16-11-15(25-2)6-7-18(16)26-3)21-19(24)17-8-10-23(22-17)14-5-4-9-20-12-14;/h6-8,10-11,13-14,20H,4-5,9,12H2,1-3H3,(H,21,24);1H. The molecule has 1 fully saturated rings. The Morgan fingerprint density at radius 1 is 1.33 bits per heavy atom. The second kappa shape index (κ2) is 9.62. The molecule has 2 N–H and O–H groups in total. The number of methoxy groups -OCH3 is 2. The van der Waals surface area contributed by atoms with Gasteiger partial charge < -0.3 is 20.1 Å². The summed E-state index contributed by atoms with van der Waals surface area (Å²) in [6, 6.07) is 7.36. The first-order valence-corrected chi connectivity index (χ1v) is 8.91. The van der Waals surface area contributed by atoms with Gasteiger partial charge in [0.15, 0.2) is 0 Å². The van der Waals surface area contributed by atoms with Gasteiger partial charge in [-0.3, -0.25) is 9.48 Å². The zero-order chi connectivity index (χ0) is 18.5. The van der Waals surface area contributed by atoms with Crippen molar-refractivity contribution in [1.82, 2.24) is 20.4 Å². The van der Waals surface area contributed by atoms with Crippen LogP contribution in [0.1, 0.15) is 47.9 Å². The van der Waals surface area contributed by atoms with E-state index in [0.29, 0.717) is 17.5 Å². The monoisotopic (exact) mass is 394 g/mol. The number of nitrogens with one attached hydrogen (secondary N) is 2. The molecule has 0 aliphatic carbocycles. The molecule has 0 spiro atoms. The van der Waals surface area contributed by atoms with Crippen LogP contribution in [0.3, 0.4) is 0 Å². The Bertz CT molecular complexity index is 759. The summed E-state index contributed by atoms with van der Waals surface area (Å²) in [5, 5.41) is 10.8. The van der Waals surface area contributed by atoms with Crippen LogP contribution in [0.15, 0.2) is 30.5 Å². The summed E-state index contributed by atoms with van der Waals surface area (Å²) in [5.74, 6) is 1.22. The molecule has 3 rings (SSSR count). The minimum absolute atomic E-state index is 0. The summed E-state index contributed by atoms with van der Waals surface area (Å²) < 4.78 is 12.6. The lowest BCUT2D eigenvalue weighted by Crippen LogP contribution is -2.32. The van der Waals surface area contributed by atoms with E-state index >= 15 is 0 Å². The fourth-order valence-corrected chi connectivity index (χ4v) is 3.25. The first-order valence-electron chi connectivity index (χ1n) is 8.91. The lowest BCUT2D eigenvalue weighted by Gasteiger charge is -2.23. The van der Waals surface area contributed by atoms with E-state index in [1.54, 1.807) is 20.3 Å². The first-order chi connectivity index (χ1) is 12.6. The van der Waals surface area contributed by atoms with Gasteiger partial charge >= 0.3 is 0 Å². The maximum Gasteiger partial charge on any atom is 0.272 e. The third-order valence-electron chi connectivity index (χ3n) is 4.74. The Morgan fingerprint density at radius 2 is 2.15 bits per heavy atom. The van der Waals surface area contributed by atoms with Crippen LogP contribution in [0.4, 0.5) is 0 Å². The van der Waals surface area contributed by atoms with Crippen molar-refractivity contribution in [3.05, 3.63) is 41.7 Å². The smallest absolute Gasteiger partial charge is 0.272 e. The number of nitrogens with zero attached hydrogens (tertiary/aromatic N) is 2. The Hall–Kier alpha value is -2.25. The number of halogens is 1. The van der Waals surface area contributed by atoms with Gasteiger partial charge in [0.1, 0.15) is 17.2 Å². The molecule has 1 aliphatic rings. The van der Waals surface area contributed by atoms with Gasteiger partial charge in [-0.05, 0) is 50.6 Å². The number of hydrogen-bond donors (Lipinski definition) is 2. The van der Waals surface area contributed by atoms with Crippen molar-refractivity contribution in [3.8, 4) is 11.5 Å². The average Bonchev–Trinajstić information content (AvgIpc) is 3.18. The van der Waals surface area contributed by atoms with E-state index in [9.17, 15) is 4.79 Å². The fraction of sp³-hybridized carbons (Fsp3) is 0.474. The van der Waals surface area contributed by atoms with Gasteiger partial charge in [0.25, 0.3) is 5.91 Å². The average molecular weight is 395 g/mol. The topological polar surface area (TPSA) is 77.4 Å². The van der Waals surface area contributed by atoms with E-state index in [1.807, 2.05) is 36.0 Å². The number of carbonyl (C=O) groups excluding carboxylic acids is 1. The molecule has 27 heavy (non-hydrogen) atoms. The Labute approximate surface area is 165 Å². The van der Waals surface area contributed by atoms with Gasteiger partial charge in [0, 0.05) is 18.3 Å². The van der Waals surface area contributed by atoms with Crippen molar-refractivity contribution >= 4 is 18.3 Å². The molecule has 0 radical (unpaired) electrons. The summed E-state index contributed by atoms with van der Waals surface area (Å²) in [5.41, 5.74) is 1.28. The van der Waals surface area contributed by atoms with Crippen LogP contribution in [0.5, 0.6) is 11.5 Å². The molecular formula is C19H27ClN4O3. The molecule has 1 amide bonds. The van der Waals surface area contributed by atoms with Crippen molar-refractivity contribution in [1.29, 1.82) is 0 Å². The van der Waals surface area contributed by atoms with Crippen LogP contribution in [0, 0.1) is 0 Å². The molecule has 148 valence electrons. The zero-order valence-electron chi connectivity index (χ0n) is 15.9. The number of benzene rings is 1. The summed E-state index contributed by atoms with van der Waals surface area (Å²) in [6.45, 7) is 3.85. The van der Waals surface area contributed by atoms with E-state index in [-0.39, 0.29) is 24.4 Å². The van der Waals surface area contributed by atoms with Gasteiger partial charge in [-0.15, -0.1) is 12.4 Å². The molecule has 1 aromatic heterocycles. The third-order valence-corrected chi connectivity index (χ3v) is 4.74. The van der Waals surface area contributed by atoms with Gasteiger partial charge in [-0.2, -0.15) is 5.10 Å². The van der Waals surface area contributed by atoms with Crippen molar-refractivity contribution in [3.63, 3.8) is 0 Å². The third kappa shape index (κ3) is 4.93. The molecule has 1 aliphatic heterocycles. The minimum Gasteiger partial charge on any atom is -0.497 e. The fourth-order valence-electron chi connectivity index (χ4n) is 3.25. The number of piperidine rings is 1. The number of amides is 1. The molecule has 1 aromatic carbocycles. The Kier molecular flexibility index (Phi) is 7.50. The van der Waals surface area contributed by atoms with Crippen LogP contribution in [-0.4, -0.2) is 43.0 Å². The lowest BCUT2D eigenvalue weighted by molar-refractivity contribution is 0.0933. The van der Waals surface area contributed by atoms with Crippen LogP contribution < -0.4 is 20.1 Å². The number of ether oxygens (including phenoxy) is 2. The van der Waals surface area contributed by atoms with Crippen molar-refractivity contribution in [2.24, 2.45) is 0 Å². The van der Waals surface area contributed by atoms with Crippen LogP contribution in [-0.2, 0) is 0 Å². The molecule has 2 heterocycles. The van der Waals surface area contributed by atoms with Crippen molar-refractivity contribution in [2.75, 3.05) is 27.3 Å². The normalized spacial score (nSPS) is 17.5. The Balaban J connectivity index is 0.00000261. The largest absolute Gasteiger partial charge is 0.497 e. The van der Waals surface area contributed by atoms with Crippen LogP contribution >= 0.6 is 12.4 Å². The molecule has 2 unspecified atom stereocenters. The summed E-state index contributed by atoms with van der Waals surface area (Å²) in [4.78, 5) is 12.6. The summed E-state index contributed by atoms with van der Waals surface area (Å²) in [6.07, 6.45) is 4.08. The van der Waals surface area contributed by atoms with Gasteiger partial charge in [0.05, 0.1) is 26.3 Å². The second-order valence-corrected chi connectivity index (χ2v) is 6.48. The van der Waals surface area contributed by atoms with Gasteiger partial charge in [-0.1, -0.05) is 0 Å². The maximum absolute atomic E-state index is 12.6. The number of aromatic nitrogens is 2. The first kappa shape index (κ1) is 21.1. The highest BCUT2D eigenvalue weighted by atomic mass is 35.5. The molecule has 2 atom stereocenters. The SMILES string of the molecule is COc1ccc(OC)c(C(C)NC(=O)c2ccn(C3CCCNC3)n2)c1.Cl. The molecule has 8 heteroatoms. The van der Waals surface area contributed by atoms with Gasteiger partial charge in [0.2, 0.25) is 0 Å². The molecule has 7 nitrogen and oxygen atoms in total. The highest BCUT2D eigenvalue weighted by Gasteiger charge is 2.20. The van der Waals surface area contributed by atoms with E-state index in [2.05, 4.69) is 15.7 Å². The molecular weight excluding hydrogens is 368 g/mol. The van der Waals surface area contributed by atoms with Crippen molar-refractivity contribution < 1.29 is 14.3 Å². The lowest BCUT2D eigenvalue weighted by atomic mass is 10.1. The maximum atomic E-state index is 12.6. The highest BCUT2D eigenvalue weighted by molar-refractivity contribution is 5.92. The van der Waals surface area contributed by atoms with E-state index < -0.39 is 0 Å². The molecule has 0 bridgehead atoms. The Morgan fingerprint density at radius 3 is 2.81 bits per heavy atom. The van der Waals surface area contributed by atoms with E-state index in [1.165, 1.54) is 0 Å². The predicted octanol–water partition coefficient (Wildman–Crippen LogP) is 2.74. The molecule has 2 aromatic rings. The number of rotatable bonds is 6. The van der Waals surface area contributed by atoms with Crippen LogP contribution in [0.25, 0.3) is 0 Å². The quantitative estimate of drug-likeness (QED) is 0.787. The minimum atomic E-state index is -0.242. The predicted molar refractivity (Wildman–Crippen MR) is 106 cm³/mol. The highest BCUT2D eigenvalue weighted by Crippen LogP contribution is 2.29. The summed E-state index contributed by atoms with van der Waals surface area (Å²) in [7, 11) is 3.22. The van der Waals surface area contributed by atoms with E-state index in [4.69, 9.17) is 9.47 Å². The zero-order valence-corrected chi connectivity index (χ0v) is 16.7.